The Morgan fingerprint density at radius 2 is 1.30 bits per heavy atom. The number of phenolic OH excluding ortho intramolecular Hbond substituents is 1. The summed E-state index contributed by atoms with van der Waals surface area (Å²) < 4.78 is 14.0. The summed E-state index contributed by atoms with van der Waals surface area (Å²) in [5, 5.41) is 16.4. The first-order valence-electron chi connectivity index (χ1n) is 10.5. The summed E-state index contributed by atoms with van der Waals surface area (Å²) in [6, 6.07) is 30.1. The monoisotopic (exact) mass is 394 g/mol. The van der Waals surface area contributed by atoms with Crippen LogP contribution in [0.25, 0.3) is 32.3 Å². The van der Waals surface area contributed by atoms with E-state index in [4.69, 9.17) is 0 Å². The number of aryl methyl sites for hydroxylation is 1. The van der Waals surface area contributed by atoms with Crippen molar-refractivity contribution < 1.29 is 9.50 Å². The Morgan fingerprint density at radius 3 is 2.10 bits per heavy atom. The van der Waals surface area contributed by atoms with Crippen LogP contribution in [0.15, 0.2) is 91.0 Å². The number of alkyl halides is 1. The van der Waals surface area contributed by atoms with Crippen LogP contribution < -0.4 is 0 Å². The van der Waals surface area contributed by atoms with Crippen LogP contribution in [0.5, 0.6) is 5.75 Å². The Bertz CT molecular complexity index is 1350. The molecule has 0 aliphatic heterocycles. The molecule has 0 bridgehead atoms. The molecule has 2 heteroatoms. The number of benzene rings is 5. The highest BCUT2D eigenvalue weighted by Gasteiger charge is 2.21. The second-order valence-electron chi connectivity index (χ2n) is 7.87. The van der Waals surface area contributed by atoms with E-state index in [2.05, 4.69) is 42.5 Å². The second-order valence-corrected chi connectivity index (χ2v) is 7.87. The summed E-state index contributed by atoms with van der Waals surface area (Å²) in [6.07, 6.45) is 1.86. The summed E-state index contributed by atoms with van der Waals surface area (Å²) in [4.78, 5) is 0. The number of aromatic hydroxyl groups is 1. The van der Waals surface area contributed by atoms with Crippen LogP contribution in [0.3, 0.4) is 0 Å². The van der Waals surface area contributed by atoms with E-state index in [0.717, 1.165) is 29.2 Å². The maximum atomic E-state index is 14.0. The van der Waals surface area contributed by atoms with Crippen LogP contribution in [0.1, 0.15) is 30.1 Å². The smallest absolute Gasteiger partial charge is 0.125 e. The number of phenols is 1. The first-order valence-corrected chi connectivity index (χ1v) is 10.5. The van der Waals surface area contributed by atoms with Gasteiger partial charge in [0.25, 0.3) is 0 Å². The van der Waals surface area contributed by atoms with Crippen LogP contribution in [-0.2, 0) is 6.42 Å². The number of hydrogen-bond donors (Lipinski definition) is 1. The van der Waals surface area contributed by atoms with E-state index in [1.165, 1.54) is 27.1 Å². The minimum Gasteiger partial charge on any atom is -0.507 e. The zero-order chi connectivity index (χ0) is 20.5. The molecule has 148 valence electrons. The summed E-state index contributed by atoms with van der Waals surface area (Å²) in [5.41, 5.74) is 2.14. The van der Waals surface area contributed by atoms with E-state index in [1.54, 1.807) is 6.07 Å². The number of hydrogen-bond acceptors (Lipinski definition) is 1. The first-order chi connectivity index (χ1) is 14.7. The standard InChI is InChI=1S/C18H15F.C10H8O/c19-18-7-3-6-14-16-9-8-12-4-1-2-5-13(12)15(16)10-11-17(14)18;11-10-7-3-5-8-4-1-2-6-9(8)10/h1-2,4-5,8-11,18H,3,6-7H2;1-7,11H. The van der Waals surface area contributed by atoms with Crippen molar-refractivity contribution in [1.82, 2.24) is 0 Å². The normalized spacial score (nSPS) is 15.6. The largest absolute Gasteiger partial charge is 0.507 e. The third-order valence-electron chi connectivity index (χ3n) is 6.06. The van der Waals surface area contributed by atoms with Gasteiger partial charge in [-0.3, -0.25) is 0 Å². The van der Waals surface area contributed by atoms with Crippen molar-refractivity contribution in [2.45, 2.75) is 25.4 Å². The van der Waals surface area contributed by atoms with Crippen molar-refractivity contribution in [2.75, 3.05) is 0 Å². The molecule has 0 saturated heterocycles. The van der Waals surface area contributed by atoms with Crippen molar-refractivity contribution in [2.24, 2.45) is 0 Å². The predicted molar refractivity (Wildman–Crippen MR) is 124 cm³/mol. The molecule has 30 heavy (non-hydrogen) atoms. The average molecular weight is 394 g/mol. The van der Waals surface area contributed by atoms with Gasteiger partial charge < -0.3 is 5.11 Å². The number of fused-ring (bicyclic) bond motifs is 6. The van der Waals surface area contributed by atoms with Gasteiger partial charge >= 0.3 is 0 Å². The van der Waals surface area contributed by atoms with Gasteiger partial charge in [0, 0.05) is 5.39 Å². The van der Waals surface area contributed by atoms with Crippen LogP contribution in [0, 0.1) is 0 Å². The van der Waals surface area contributed by atoms with Gasteiger partial charge in [0.2, 0.25) is 0 Å². The zero-order valence-corrected chi connectivity index (χ0v) is 16.7. The average Bonchev–Trinajstić information content (AvgIpc) is 2.80. The van der Waals surface area contributed by atoms with E-state index in [1.807, 2.05) is 42.5 Å². The Morgan fingerprint density at radius 1 is 0.633 bits per heavy atom. The highest BCUT2D eigenvalue weighted by Crippen LogP contribution is 2.38. The van der Waals surface area contributed by atoms with Crippen LogP contribution >= 0.6 is 0 Å². The third-order valence-corrected chi connectivity index (χ3v) is 6.06. The molecule has 0 radical (unpaired) electrons. The molecule has 1 unspecified atom stereocenters. The Hall–Kier alpha value is -3.39. The Labute approximate surface area is 175 Å². The third kappa shape index (κ3) is 3.29. The lowest BCUT2D eigenvalue weighted by molar-refractivity contribution is 0.303. The Kier molecular flexibility index (Phi) is 4.84. The molecular formula is C28H23FO. The molecule has 1 aliphatic rings. The van der Waals surface area contributed by atoms with E-state index in [9.17, 15) is 9.50 Å². The molecule has 1 nitrogen and oxygen atoms in total. The van der Waals surface area contributed by atoms with Gasteiger partial charge in [-0.1, -0.05) is 84.9 Å². The molecule has 0 heterocycles. The van der Waals surface area contributed by atoms with Gasteiger partial charge in [0.1, 0.15) is 11.9 Å². The predicted octanol–water partition coefficient (Wildman–Crippen LogP) is 7.89. The van der Waals surface area contributed by atoms with Gasteiger partial charge in [-0.25, -0.2) is 4.39 Å². The lowest BCUT2D eigenvalue weighted by atomic mass is 9.85. The van der Waals surface area contributed by atoms with Gasteiger partial charge in [0.05, 0.1) is 0 Å². The van der Waals surface area contributed by atoms with Crippen LogP contribution in [0.4, 0.5) is 4.39 Å². The van der Waals surface area contributed by atoms with E-state index in [-0.39, 0.29) is 0 Å². The maximum absolute atomic E-state index is 14.0. The van der Waals surface area contributed by atoms with Crippen molar-refractivity contribution >= 4 is 32.3 Å². The van der Waals surface area contributed by atoms with Crippen LogP contribution in [0.2, 0.25) is 0 Å². The summed E-state index contributed by atoms with van der Waals surface area (Å²) >= 11 is 0. The van der Waals surface area contributed by atoms with Gasteiger partial charge in [-0.05, 0) is 63.4 Å². The molecule has 1 aliphatic carbocycles. The summed E-state index contributed by atoms with van der Waals surface area (Å²) in [7, 11) is 0. The SMILES string of the molecule is FC1CCCc2c1ccc1c2ccc2ccccc21.Oc1cccc2ccccc12. The van der Waals surface area contributed by atoms with E-state index < -0.39 is 6.17 Å². The molecule has 0 fully saturated rings. The van der Waals surface area contributed by atoms with Gasteiger partial charge in [-0.2, -0.15) is 0 Å². The topological polar surface area (TPSA) is 20.2 Å². The highest BCUT2D eigenvalue weighted by atomic mass is 19.1. The maximum Gasteiger partial charge on any atom is 0.125 e. The van der Waals surface area contributed by atoms with Gasteiger partial charge in [0.15, 0.2) is 0 Å². The fraction of sp³-hybridized carbons (Fsp3) is 0.143. The number of halogens is 1. The van der Waals surface area contributed by atoms with Crippen molar-refractivity contribution in [3.63, 3.8) is 0 Å². The molecule has 6 rings (SSSR count). The fourth-order valence-corrected chi connectivity index (χ4v) is 4.56. The lowest BCUT2D eigenvalue weighted by Crippen LogP contribution is -2.06. The van der Waals surface area contributed by atoms with E-state index in [0.29, 0.717) is 12.2 Å². The Balaban J connectivity index is 0.000000149. The molecule has 5 aromatic rings. The highest BCUT2D eigenvalue weighted by molar-refractivity contribution is 6.08. The van der Waals surface area contributed by atoms with Crippen molar-refractivity contribution in [1.29, 1.82) is 0 Å². The lowest BCUT2D eigenvalue weighted by Gasteiger charge is -2.21. The molecule has 0 aromatic heterocycles. The fourth-order valence-electron chi connectivity index (χ4n) is 4.56. The summed E-state index contributed by atoms with van der Waals surface area (Å²) in [5.74, 6) is 0.350. The molecule has 0 saturated carbocycles. The molecule has 0 spiro atoms. The molecular weight excluding hydrogens is 371 g/mol. The van der Waals surface area contributed by atoms with Gasteiger partial charge in [-0.15, -0.1) is 0 Å². The van der Waals surface area contributed by atoms with E-state index >= 15 is 0 Å². The molecule has 1 atom stereocenters. The zero-order valence-electron chi connectivity index (χ0n) is 16.7. The van der Waals surface area contributed by atoms with Crippen molar-refractivity contribution in [3.8, 4) is 5.75 Å². The quantitative estimate of drug-likeness (QED) is 0.265. The first kappa shape index (κ1) is 18.6. The molecule has 0 amide bonds. The van der Waals surface area contributed by atoms with Crippen LogP contribution in [-0.4, -0.2) is 5.11 Å². The second kappa shape index (κ2) is 7.79. The number of rotatable bonds is 0. The minimum absolute atomic E-state index is 0.350. The van der Waals surface area contributed by atoms with Crippen molar-refractivity contribution in [3.05, 3.63) is 102 Å². The minimum atomic E-state index is -0.778. The molecule has 1 N–H and O–H groups in total. The molecule has 5 aromatic carbocycles. The summed E-state index contributed by atoms with van der Waals surface area (Å²) in [6.45, 7) is 0.